The van der Waals surface area contributed by atoms with Gasteiger partial charge in [-0.15, -0.1) is 5.10 Å². The van der Waals surface area contributed by atoms with Crippen molar-refractivity contribution in [1.82, 2.24) is 25.5 Å². The maximum absolute atomic E-state index is 12.8. The molecule has 0 spiro atoms. The van der Waals surface area contributed by atoms with Crippen LogP contribution in [0.15, 0.2) is 48.8 Å². The third-order valence-corrected chi connectivity index (χ3v) is 3.68. The number of hydrogen-bond acceptors (Lipinski definition) is 4. The fourth-order valence-corrected chi connectivity index (χ4v) is 2.35. The van der Waals surface area contributed by atoms with E-state index in [1.54, 1.807) is 18.2 Å². The molecule has 0 bridgehead atoms. The summed E-state index contributed by atoms with van der Waals surface area (Å²) in [5.41, 5.74) is 3.36. The van der Waals surface area contributed by atoms with Crippen LogP contribution in [0.1, 0.15) is 11.1 Å². The number of tetrazole rings is 1. The zero-order valence-electron chi connectivity index (χ0n) is 13.6. The molecular weight excluding hydrogens is 323 g/mol. The minimum absolute atomic E-state index is 0.271. The molecule has 7 nitrogen and oxygen atoms in total. The third kappa shape index (κ3) is 4.37. The molecule has 2 amide bonds. The van der Waals surface area contributed by atoms with Crippen LogP contribution in [-0.2, 0) is 6.42 Å². The van der Waals surface area contributed by atoms with Gasteiger partial charge >= 0.3 is 6.03 Å². The number of nitrogens with one attached hydrogen (secondary N) is 2. The van der Waals surface area contributed by atoms with E-state index in [1.807, 2.05) is 19.1 Å². The molecule has 2 aromatic carbocycles. The van der Waals surface area contributed by atoms with Gasteiger partial charge in [0, 0.05) is 12.2 Å². The maximum atomic E-state index is 12.8. The Balaban J connectivity index is 1.56. The monoisotopic (exact) mass is 340 g/mol. The third-order valence-electron chi connectivity index (χ3n) is 3.68. The van der Waals surface area contributed by atoms with Crippen LogP contribution in [0.25, 0.3) is 5.69 Å². The molecule has 0 saturated heterocycles. The first kappa shape index (κ1) is 16.6. The highest BCUT2D eigenvalue weighted by atomic mass is 19.1. The Morgan fingerprint density at radius 1 is 1.20 bits per heavy atom. The molecule has 0 aliphatic rings. The van der Waals surface area contributed by atoms with Crippen LogP contribution < -0.4 is 10.6 Å². The van der Waals surface area contributed by atoms with Gasteiger partial charge < -0.3 is 10.6 Å². The van der Waals surface area contributed by atoms with E-state index in [0.29, 0.717) is 18.7 Å². The van der Waals surface area contributed by atoms with Crippen molar-refractivity contribution in [3.8, 4) is 5.69 Å². The van der Waals surface area contributed by atoms with E-state index in [9.17, 15) is 9.18 Å². The van der Waals surface area contributed by atoms with Gasteiger partial charge in [0.2, 0.25) is 0 Å². The summed E-state index contributed by atoms with van der Waals surface area (Å²) in [4.78, 5) is 12.0. The smallest absolute Gasteiger partial charge is 0.319 e. The van der Waals surface area contributed by atoms with Gasteiger partial charge in [-0.2, -0.15) is 0 Å². The first-order valence-corrected chi connectivity index (χ1v) is 7.75. The first-order chi connectivity index (χ1) is 12.1. The number of aryl methyl sites for hydroxylation is 1. The Kier molecular flexibility index (Phi) is 4.98. The SMILES string of the molecule is Cc1ccc(NC(=O)NCCc2ccc(F)cc2)cc1-n1cnnn1. The lowest BCUT2D eigenvalue weighted by Crippen LogP contribution is -2.30. The molecular formula is C17H17FN6O. The largest absolute Gasteiger partial charge is 0.338 e. The average Bonchev–Trinajstić information content (AvgIpc) is 3.13. The molecule has 1 heterocycles. The average molecular weight is 340 g/mol. The van der Waals surface area contributed by atoms with Gasteiger partial charge in [-0.25, -0.2) is 13.9 Å². The van der Waals surface area contributed by atoms with E-state index >= 15 is 0 Å². The summed E-state index contributed by atoms with van der Waals surface area (Å²) in [6.45, 7) is 2.38. The van der Waals surface area contributed by atoms with Crippen molar-refractivity contribution < 1.29 is 9.18 Å². The van der Waals surface area contributed by atoms with Gasteiger partial charge in [0.15, 0.2) is 0 Å². The van der Waals surface area contributed by atoms with E-state index < -0.39 is 0 Å². The van der Waals surface area contributed by atoms with Crippen molar-refractivity contribution in [2.24, 2.45) is 0 Å². The fraction of sp³-hybridized carbons (Fsp3) is 0.176. The van der Waals surface area contributed by atoms with Gasteiger partial charge in [0.05, 0.1) is 5.69 Å². The van der Waals surface area contributed by atoms with E-state index in [4.69, 9.17) is 0 Å². The second-order valence-corrected chi connectivity index (χ2v) is 5.51. The molecule has 0 unspecified atom stereocenters. The number of carbonyl (C=O) groups is 1. The quantitative estimate of drug-likeness (QED) is 0.747. The minimum Gasteiger partial charge on any atom is -0.338 e. The lowest BCUT2D eigenvalue weighted by atomic mass is 10.1. The molecule has 3 aromatic rings. The maximum Gasteiger partial charge on any atom is 0.319 e. The molecule has 0 radical (unpaired) electrons. The van der Waals surface area contributed by atoms with Crippen LogP contribution in [0.4, 0.5) is 14.9 Å². The second kappa shape index (κ2) is 7.52. The molecule has 1 aromatic heterocycles. The highest BCUT2D eigenvalue weighted by molar-refractivity contribution is 5.89. The summed E-state index contributed by atoms with van der Waals surface area (Å²) in [6.07, 6.45) is 2.12. The van der Waals surface area contributed by atoms with Gasteiger partial charge in [-0.1, -0.05) is 18.2 Å². The van der Waals surface area contributed by atoms with E-state index in [-0.39, 0.29) is 11.8 Å². The van der Waals surface area contributed by atoms with Crippen molar-refractivity contribution >= 4 is 11.7 Å². The molecule has 0 aliphatic carbocycles. The van der Waals surface area contributed by atoms with E-state index in [2.05, 4.69) is 26.2 Å². The summed E-state index contributed by atoms with van der Waals surface area (Å²) >= 11 is 0. The molecule has 25 heavy (non-hydrogen) atoms. The number of hydrogen-bond donors (Lipinski definition) is 2. The van der Waals surface area contributed by atoms with Crippen LogP contribution in [0, 0.1) is 12.7 Å². The number of halogens is 1. The summed E-state index contributed by atoms with van der Waals surface area (Å²) < 4.78 is 14.4. The Morgan fingerprint density at radius 3 is 2.72 bits per heavy atom. The van der Waals surface area contributed by atoms with Crippen LogP contribution in [0.5, 0.6) is 0 Å². The number of rotatable bonds is 5. The Morgan fingerprint density at radius 2 is 2.00 bits per heavy atom. The lowest BCUT2D eigenvalue weighted by Gasteiger charge is -2.10. The predicted octanol–water partition coefficient (Wildman–Crippen LogP) is 2.47. The molecule has 0 atom stereocenters. The number of amides is 2. The summed E-state index contributed by atoms with van der Waals surface area (Å²) in [5.74, 6) is -0.271. The number of anilines is 1. The molecule has 3 rings (SSSR count). The van der Waals surface area contributed by atoms with Crippen molar-refractivity contribution in [1.29, 1.82) is 0 Å². The molecule has 0 saturated carbocycles. The van der Waals surface area contributed by atoms with Gasteiger partial charge in [-0.3, -0.25) is 0 Å². The molecule has 128 valence electrons. The van der Waals surface area contributed by atoms with E-state index in [0.717, 1.165) is 16.8 Å². The minimum atomic E-state index is -0.311. The fourth-order valence-electron chi connectivity index (χ4n) is 2.35. The summed E-state index contributed by atoms with van der Waals surface area (Å²) in [5, 5.41) is 16.6. The number of nitrogens with zero attached hydrogens (tertiary/aromatic N) is 4. The summed E-state index contributed by atoms with van der Waals surface area (Å²) in [7, 11) is 0. The normalized spacial score (nSPS) is 10.5. The standard InChI is InChI=1S/C17H17FN6O/c1-12-2-7-15(10-16(12)24-11-20-22-23-24)21-17(25)19-9-8-13-3-5-14(18)6-4-13/h2-7,10-11H,8-9H2,1H3,(H2,19,21,25). The topological polar surface area (TPSA) is 84.7 Å². The van der Waals surface area contributed by atoms with Gasteiger partial charge in [0.1, 0.15) is 12.1 Å². The lowest BCUT2D eigenvalue weighted by molar-refractivity contribution is 0.252. The number of urea groups is 1. The molecule has 0 fully saturated rings. The molecule has 0 aliphatic heterocycles. The van der Waals surface area contributed by atoms with Gasteiger partial charge in [-0.05, 0) is 59.2 Å². The molecule has 8 heteroatoms. The van der Waals surface area contributed by atoms with Crippen LogP contribution in [0.2, 0.25) is 0 Å². The van der Waals surface area contributed by atoms with Gasteiger partial charge in [0.25, 0.3) is 0 Å². The number of carbonyl (C=O) groups excluding carboxylic acids is 1. The van der Waals surface area contributed by atoms with Crippen LogP contribution in [-0.4, -0.2) is 32.8 Å². The Labute approximate surface area is 143 Å². The highest BCUT2D eigenvalue weighted by Crippen LogP contribution is 2.18. The predicted molar refractivity (Wildman–Crippen MR) is 91.0 cm³/mol. The zero-order valence-corrected chi connectivity index (χ0v) is 13.6. The van der Waals surface area contributed by atoms with Crippen LogP contribution >= 0.6 is 0 Å². The number of benzene rings is 2. The van der Waals surface area contributed by atoms with Crippen molar-refractivity contribution in [2.75, 3.05) is 11.9 Å². The number of aromatic nitrogens is 4. The highest BCUT2D eigenvalue weighted by Gasteiger charge is 2.07. The Bertz CT molecular complexity index is 848. The first-order valence-electron chi connectivity index (χ1n) is 7.75. The van der Waals surface area contributed by atoms with Crippen molar-refractivity contribution in [2.45, 2.75) is 13.3 Å². The zero-order chi connectivity index (χ0) is 17.6. The second-order valence-electron chi connectivity index (χ2n) is 5.51. The van der Waals surface area contributed by atoms with Crippen LogP contribution in [0.3, 0.4) is 0 Å². The van der Waals surface area contributed by atoms with E-state index in [1.165, 1.54) is 23.1 Å². The summed E-state index contributed by atoms with van der Waals surface area (Å²) in [6, 6.07) is 11.4. The Hall–Kier alpha value is -3.29. The van der Waals surface area contributed by atoms with Crippen molar-refractivity contribution in [3.63, 3.8) is 0 Å². The van der Waals surface area contributed by atoms with Crippen molar-refractivity contribution in [3.05, 3.63) is 65.7 Å². The molecule has 2 N–H and O–H groups in total.